The molecule has 3 aromatic rings. The molecular weight excluding hydrogens is 467 g/mol. The summed E-state index contributed by atoms with van der Waals surface area (Å²) >= 11 is 0. The molecule has 190 valence electrons. The number of piperazine rings is 1. The van der Waals surface area contributed by atoms with Gasteiger partial charge in [0.25, 0.3) is 0 Å². The van der Waals surface area contributed by atoms with Crippen LogP contribution in [-0.2, 0) is 16.1 Å². The number of anilines is 1. The molecule has 1 atom stereocenters. The quantitative estimate of drug-likeness (QED) is 0.485. The van der Waals surface area contributed by atoms with E-state index in [1.54, 1.807) is 6.92 Å². The highest BCUT2D eigenvalue weighted by Gasteiger charge is 2.28. The number of fused-ring (bicyclic) bond motifs is 2. The second-order valence-corrected chi connectivity index (χ2v) is 8.95. The number of aromatic nitrogens is 1. The molecule has 36 heavy (non-hydrogen) atoms. The van der Waals surface area contributed by atoms with Crippen LogP contribution in [-0.4, -0.2) is 72.3 Å². The van der Waals surface area contributed by atoms with Crippen molar-refractivity contribution in [2.24, 2.45) is 0 Å². The van der Waals surface area contributed by atoms with Crippen molar-refractivity contribution in [3.63, 3.8) is 0 Å². The number of ether oxygens (including phenoxy) is 3. The van der Waals surface area contributed by atoms with Gasteiger partial charge < -0.3 is 24.5 Å². The molecule has 10 heteroatoms. The molecule has 0 saturated carbocycles. The summed E-state index contributed by atoms with van der Waals surface area (Å²) in [5, 5.41) is 3.28. The number of H-pyrrole nitrogens is 1. The molecule has 5 rings (SSSR count). The van der Waals surface area contributed by atoms with E-state index in [1.807, 2.05) is 25.1 Å². The van der Waals surface area contributed by atoms with E-state index in [2.05, 4.69) is 20.1 Å². The Kier molecular flexibility index (Phi) is 6.80. The summed E-state index contributed by atoms with van der Waals surface area (Å²) in [4.78, 5) is 33.1. The van der Waals surface area contributed by atoms with Crippen LogP contribution in [0.3, 0.4) is 0 Å². The van der Waals surface area contributed by atoms with Crippen molar-refractivity contribution in [3.8, 4) is 11.5 Å². The lowest BCUT2D eigenvalue weighted by Gasteiger charge is -2.37. The monoisotopic (exact) mass is 496 g/mol. The smallest absolute Gasteiger partial charge is 0.356 e. The third-order valence-electron chi connectivity index (χ3n) is 6.67. The molecule has 1 fully saturated rings. The fourth-order valence-electron chi connectivity index (χ4n) is 4.65. The van der Waals surface area contributed by atoms with E-state index in [4.69, 9.17) is 14.2 Å². The molecule has 9 nitrogen and oxygen atoms in total. The summed E-state index contributed by atoms with van der Waals surface area (Å²) in [5.74, 6) is 0.214. The van der Waals surface area contributed by atoms with Crippen LogP contribution in [0, 0.1) is 5.82 Å². The Bertz CT molecular complexity index is 1280. The Balaban J connectivity index is 1.23. The standard InChI is InChI=1S/C26H29FN4O5/c1-3-34-26(33)24-23(19-13-18(27)5-6-20(19)28-24)29-25(32)16(2)31-10-8-30(9-11-31)14-17-4-7-21-22(12-17)36-15-35-21/h4-7,12-13,16,28H,3,8-11,14-15H2,1-2H3,(H,29,32). The normalized spacial score (nSPS) is 16.8. The van der Waals surface area contributed by atoms with Crippen LogP contribution in [0.5, 0.6) is 11.5 Å². The molecule has 2 aliphatic rings. The van der Waals surface area contributed by atoms with Crippen molar-refractivity contribution in [3.05, 3.63) is 53.5 Å². The fraction of sp³-hybridized carbons (Fsp3) is 0.385. The first-order valence-electron chi connectivity index (χ1n) is 12.1. The number of nitrogens with one attached hydrogen (secondary N) is 2. The summed E-state index contributed by atoms with van der Waals surface area (Å²) in [7, 11) is 0. The average Bonchev–Trinajstić information content (AvgIpc) is 3.48. The average molecular weight is 497 g/mol. The minimum Gasteiger partial charge on any atom is -0.461 e. The minimum atomic E-state index is -0.603. The van der Waals surface area contributed by atoms with Gasteiger partial charge in [-0.15, -0.1) is 0 Å². The van der Waals surface area contributed by atoms with E-state index < -0.39 is 17.8 Å². The lowest BCUT2D eigenvalue weighted by atomic mass is 10.1. The number of esters is 1. The largest absolute Gasteiger partial charge is 0.461 e. The van der Waals surface area contributed by atoms with E-state index in [0.717, 1.165) is 36.7 Å². The second-order valence-electron chi connectivity index (χ2n) is 8.95. The van der Waals surface area contributed by atoms with Gasteiger partial charge in [-0.25, -0.2) is 9.18 Å². The molecule has 3 heterocycles. The lowest BCUT2D eigenvalue weighted by molar-refractivity contribution is -0.121. The lowest BCUT2D eigenvalue weighted by Crippen LogP contribution is -2.52. The number of rotatable bonds is 7. The summed E-state index contributed by atoms with van der Waals surface area (Å²) < 4.78 is 29.9. The van der Waals surface area contributed by atoms with Crippen molar-refractivity contribution in [2.45, 2.75) is 26.4 Å². The van der Waals surface area contributed by atoms with Crippen LogP contribution in [0.15, 0.2) is 36.4 Å². The van der Waals surface area contributed by atoms with Crippen LogP contribution in [0.2, 0.25) is 0 Å². The molecule has 2 N–H and O–H groups in total. The van der Waals surface area contributed by atoms with Crippen LogP contribution >= 0.6 is 0 Å². The highest BCUT2D eigenvalue weighted by molar-refractivity contribution is 6.11. The van der Waals surface area contributed by atoms with Crippen LogP contribution in [0.1, 0.15) is 29.9 Å². The number of hydrogen-bond acceptors (Lipinski definition) is 7. The highest BCUT2D eigenvalue weighted by Crippen LogP contribution is 2.33. The first kappa shape index (κ1) is 24.1. The number of halogens is 1. The third-order valence-corrected chi connectivity index (χ3v) is 6.67. The summed E-state index contributed by atoms with van der Waals surface area (Å²) in [6, 6.07) is 9.67. The second kappa shape index (κ2) is 10.2. The predicted molar refractivity (Wildman–Crippen MR) is 132 cm³/mol. The van der Waals surface area contributed by atoms with Crippen LogP contribution < -0.4 is 14.8 Å². The molecule has 1 saturated heterocycles. The number of nitrogens with zero attached hydrogens (tertiary/aromatic N) is 2. The zero-order valence-corrected chi connectivity index (χ0v) is 20.3. The number of carbonyl (C=O) groups excluding carboxylic acids is 2. The van der Waals surface area contributed by atoms with Crippen molar-refractivity contribution in [2.75, 3.05) is 44.9 Å². The van der Waals surface area contributed by atoms with Gasteiger partial charge in [-0.3, -0.25) is 14.6 Å². The SMILES string of the molecule is CCOC(=O)c1[nH]c2ccc(F)cc2c1NC(=O)C(C)N1CCN(Cc2ccc3c(c2)OCO3)CC1. The molecule has 1 aromatic heterocycles. The zero-order chi connectivity index (χ0) is 25.2. The molecule has 0 spiro atoms. The van der Waals surface area contributed by atoms with Gasteiger partial charge in [0.2, 0.25) is 12.7 Å². The zero-order valence-electron chi connectivity index (χ0n) is 20.3. The number of amides is 1. The van der Waals surface area contributed by atoms with E-state index >= 15 is 0 Å². The summed E-state index contributed by atoms with van der Waals surface area (Å²) in [5.41, 5.74) is 2.03. The number of aromatic amines is 1. The first-order chi connectivity index (χ1) is 17.4. The Morgan fingerprint density at radius 3 is 2.67 bits per heavy atom. The Hall–Kier alpha value is -3.63. The summed E-state index contributed by atoms with van der Waals surface area (Å²) in [6.45, 7) is 7.80. The first-order valence-corrected chi connectivity index (χ1v) is 12.1. The Morgan fingerprint density at radius 2 is 1.89 bits per heavy atom. The van der Waals surface area contributed by atoms with Crippen molar-refractivity contribution < 1.29 is 28.2 Å². The maximum Gasteiger partial charge on any atom is 0.356 e. The van der Waals surface area contributed by atoms with Gasteiger partial charge in [0.05, 0.1) is 18.3 Å². The molecule has 1 amide bonds. The molecule has 0 aliphatic carbocycles. The van der Waals surface area contributed by atoms with Gasteiger partial charge in [-0.1, -0.05) is 6.07 Å². The van der Waals surface area contributed by atoms with Crippen LogP contribution in [0.25, 0.3) is 10.9 Å². The van der Waals surface area contributed by atoms with Gasteiger partial charge in [-0.05, 0) is 49.7 Å². The van der Waals surface area contributed by atoms with Crippen LogP contribution in [0.4, 0.5) is 10.1 Å². The van der Waals surface area contributed by atoms with Gasteiger partial charge in [0, 0.05) is 43.6 Å². The Labute approximate surface area is 208 Å². The van der Waals surface area contributed by atoms with Crippen molar-refractivity contribution in [1.29, 1.82) is 0 Å². The molecule has 0 bridgehead atoms. The Morgan fingerprint density at radius 1 is 1.11 bits per heavy atom. The maximum atomic E-state index is 14.0. The maximum absolute atomic E-state index is 14.0. The molecule has 2 aromatic carbocycles. The predicted octanol–water partition coefficient (Wildman–Crippen LogP) is 3.36. The molecular formula is C26H29FN4O5. The van der Waals surface area contributed by atoms with E-state index in [-0.39, 0.29) is 30.7 Å². The van der Waals surface area contributed by atoms with Gasteiger partial charge in [-0.2, -0.15) is 0 Å². The van der Waals surface area contributed by atoms with Gasteiger partial charge in [0.1, 0.15) is 11.5 Å². The minimum absolute atomic E-state index is 0.103. The van der Waals surface area contributed by atoms with Crippen molar-refractivity contribution >= 4 is 28.5 Å². The third kappa shape index (κ3) is 4.87. The van der Waals surface area contributed by atoms with Gasteiger partial charge in [0.15, 0.2) is 11.5 Å². The highest BCUT2D eigenvalue weighted by atomic mass is 19.1. The van der Waals surface area contributed by atoms with E-state index in [9.17, 15) is 14.0 Å². The van der Waals surface area contributed by atoms with E-state index in [0.29, 0.717) is 24.0 Å². The topological polar surface area (TPSA) is 96.1 Å². The number of hydrogen-bond donors (Lipinski definition) is 2. The van der Waals surface area contributed by atoms with Crippen molar-refractivity contribution in [1.82, 2.24) is 14.8 Å². The fourth-order valence-corrected chi connectivity index (χ4v) is 4.65. The molecule has 0 radical (unpaired) electrons. The number of carbonyl (C=O) groups is 2. The molecule has 1 unspecified atom stereocenters. The van der Waals surface area contributed by atoms with E-state index in [1.165, 1.54) is 18.2 Å². The number of benzene rings is 2. The van der Waals surface area contributed by atoms with Gasteiger partial charge >= 0.3 is 5.97 Å². The summed E-state index contributed by atoms with van der Waals surface area (Å²) in [6.07, 6.45) is 0. The molecule has 2 aliphatic heterocycles.